The summed E-state index contributed by atoms with van der Waals surface area (Å²) in [6.45, 7) is 9.73. The molecular weight excluding hydrogens is 400 g/mol. The van der Waals surface area contributed by atoms with Crippen molar-refractivity contribution in [2.75, 3.05) is 11.9 Å². The molecule has 1 aliphatic carbocycles. The molecule has 0 saturated carbocycles. The number of ether oxygens (including phenoxy) is 1. The van der Waals surface area contributed by atoms with Crippen LogP contribution in [0.5, 0.6) is 0 Å². The lowest BCUT2D eigenvalue weighted by atomic mass is 9.72. The first kappa shape index (κ1) is 21.8. The van der Waals surface area contributed by atoms with Crippen LogP contribution in [0.25, 0.3) is 0 Å². The van der Waals surface area contributed by atoms with Gasteiger partial charge in [-0.25, -0.2) is 4.79 Å². The van der Waals surface area contributed by atoms with E-state index in [4.69, 9.17) is 17.0 Å². The van der Waals surface area contributed by atoms with Gasteiger partial charge in [0, 0.05) is 11.4 Å². The maximum Gasteiger partial charge on any atom is 0.341 e. The van der Waals surface area contributed by atoms with Gasteiger partial charge in [0.05, 0.1) is 12.2 Å². The molecule has 0 spiro atoms. The van der Waals surface area contributed by atoms with Crippen molar-refractivity contribution in [3.63, 3.8) is 0 Å². The molecule has 1 heterocycles. The minimum atomic E-state index is -0.257. The Labute approximate surface area is 183 Å². The van der Waals surface area contributed by atoms with Crippen molar-refractivity contribution in [3.8, 4) is 0 Å². The number of benzene rings is 1. The van der Waals surface area contributed by atoms with Crippen LogP contribution in [-0.2, 0) is 24.1 Å². The highest BCUT2D eigenvalue weighted by atomic mass is 32.1. The topological polar surface area (TPSA) is 50.4 Å². The number of esters is 1. The van der Waals surface area contributed by atoms with Crippen LogP contribution < -0.4 is 10.6 Å². The molecular formula is C23H30N2O2S2. The third-order valence-electron chi connectivity index (χ3n) is 5.49. The molecule has 1 aliphatic rings. The van der Waals surface area contributed by atoms with Crippen LogP contribution in [0.15, 0.2) is 30.3 Å². The standard InChI is InChI=1S/C23H30N2O2S2/c1-5-27-21(26)19-17-12-11-16(23(2,3)4)13-18(17)29-20(19)25-22(28)24-14-15-9-7-6-8-10-15/h6-10,16H,5,11-14H2,1-4H3,(H2,24,25,28)/t16-/m1/s1. The second-order valence-electron chi connectivity index (χ2n) is 8.53. The summed E-state index contributed by atoms with van der Waals surface area (Å²) in [6, 6.07) is 10.1. The summed E-state index contributed by atoms with van der Waals surface area (Å²) in [6.07, 6.45) is 3.01. The number of hydrogen-bond donors (Lipinski definition) is 2. The van der Waals surface area contributed by atoms with E-state index in [2.05, 4.69) is 43.5 Å². The highest BCUT2D eigenvalue weighted by molar-refractivity contribution is 7.80. The Morgan fingerprint density at radius 2 is 2.00 bits per heavy atom. The zero-order chi connectivity index (χ0) is 21.0. The van der Waals surface area contributed by atoms with E-state index in [9.17, 15) is 4.79 Å². The third kappa shape index (κ3) is 5.37. The summed E-state index contributed by atoms with van der Waals surface area (Å²) >= 11 is 7.15. The number of thiocarbonyl (C=S) groups is 1. The number of carbonyl (C=O) groups excluding carboxylic acids is 1. The monoisotopic (exact) mass is 430 g/mol. The average molecular weight is 431 g/mol. The molecule has 0 fully saturated rings. The van der Waals surface area contributed by atoms with Crippen LogP contribution in [0.3, 0.4) is 0 Å². The number of carbonyl (C=O) groups is 1. The van der Waals surface area contributed by atoms with Crippen molar-refractivity contribution in [3.05, 3.63) is 51.9 Å². The van der Waals surface area contributed by atoms with Crippen LogP contribution in [0.4, 0.5) is 5.00 Å². The number of hydrogen-bond acceptors (Lipinski definition) is 4. The van der Waals surface area contributed by atoms with Gasteiger partial charge in [-0.15, -0.1) is 11.3 Å². The van der Waals surface area contributed by atoms with Crippen LogP contribution >= 0.6 is 23.6 Å². The summed E-state index contributed by atoms with van der Waals surface area (Å²) in [7, 11) is 0. The fourth-order valence-corrected chi connectivity index (χ4v) is 5.32. The quantitative estimate of drug-likeness (QED) is 0.480. The van der Waals surface area contributed by atoms with Gasteiger partial charge in [0.25, 0.3) is 0 Å². The molecule has 3 rings (SSSR count). The molecule has 2 N–H and O–H groups in total. The minimum Gasteiger partial charge on any atom is -0.462 e. The lowest BCUT2D eigenvalue weighted by Crippen LogP contribution is -2.28. The predicted molar refractivity (Wildman–Crippen MR) is 125 cm³/mol. The number of nitrogens with one attached hydrogen (secondary N) is 2. The van der Waals surface area contributed by atoms with Crippen molar-refractivity contribution in [2.45, 2.75) is 53.5 Å². The Balaban J connectivity index is 1.79. The van der Waals surface area contributed by atoms with E-state index in [1.54, 1.807) is 11.3 Å². The zero-order valence-electron chi connectivity index (χ0n) is 17.6. The zero-order valence-corrected chi connectivity index (χ0v) is 19.3. The first-order valence-corrected chi connectivity index (χ1v) is 11.4. The summed E-state index contributed by atoms with van der Waals surface area (Å²) in [4.78, 5) is 14.0. The molecule has 0 bridgehead atoms. The van der Waals surface area contributed by atoms with Gasteiger partial charge < -0.3 is 15.4 Å². The molecule has 6 heteroatoms. The van der Waals surface area contributed by atoms with Crippen LogP contribution in [0, 0.1) is 11.3 Å². The van der Waals surface area contributed by atoms with Crippen molar-refractivity contribution in [2.24, 2.45) is 11.3 Å². The van der Waals surface area contributed by atoms with E-state index in [-0.39, 0.29) is 11.4 Å². The van der Waals surface area contributed by atoms with Gasteiger partial charge in [-0.2, -0.15) is 0 Å². The summed E-state index contributed by atoms with van der Waals surface area (Å²) < 4.78 is 5.36. The number of thiophene rings is 1. The predicted octanol–water partition coefficient (Wildman–Crippen LogP) is 5.56. The molecule has 156 valence electrons. The van der Waals surface area contributed by atoms with Crippen LogP contribution in [0.2, 0.25) is 0 Å². The van der Waals surface area contributed by atoms with Crippen LogP contribution in [0.1, 0.15) is 60.5 Å². The Morgan fingerprint density at radius 3 is 2.66 bits per heavy atom. The van der Waals surface area contributed by atoms with Gasteiger partial charge in [-0.3, -0.25) is 0 Å². The SMILES string of the molecule is CCOC(=O)c1c(NC(=S)NCc2ccccc2)sc2c1CC[C@@H](C(C)(C)C)C2. The highest BCUT2D eigenvalue weighted by Gasteiger charge is 2.34. The van der Waals surface area contributed by atoms with Gasteiger partial charge in [0.2, 0.25) is 0 Å². The smallest absolute Gasteiger partial charge is 0.341 e. The molecule has 4 nitrogen and oxygen atoms in total. The fraction of sp³-hybridized carbons (Fsp3) is 0.478. The molecule has 0 saturated heterocycles. The summed E-state index contributed by atoms with van der Waals surface area (Å²) in [5.41, 5.74) is 3.22. The molecule has 29 heavy (non-hydrogen) atoms. The lowest BCUT2D eigenvalue weighted by molar-refractivity contribution is 0.0526. The maximum absolute atomic E-state index is 12.7. The number of rotatable bonds is 5. The second-order valence-corrected chi connectivity index (χ2v) is 10.0. The normalized spacial score (nSPS) is 16.1. The Bertz CT molecular complexity index is 869. The van der Waals surface area contributed by atoms with E-state index in [1.807, 2.05) is 25.1 Å². The molecule has 0 aliphatic heterocycles. The largest absolute Gasteiger partial charge is 0.462 e. The van der Waals surface area contributed by atoms with Gasteiger partial charge >= 0.3 is 5.97 Å². The molecule has 0 radical (unpaired) electrons. The molecule has 1 aromatic heterocycles. The molecule has 1 aromatic carbocycles. The molecule has 0 amide bonds. The maximum atomic E-state index is 12.7. The third-order valence-corrected chi connectivity index (χ3v) is 6.91. The molecule has 1 atom stereocenters. The minimum absolute atomic E-state index is 0.256. The Hall–Kier alpha value is -1.92. The molecule has 0 unspecified atom stereocenters. The van der Waals surface area contributed by atoms with E-state index in [1.165, 1.54) is 4.88 Å². The van der Waals surface area contributed by atoms with Gasteiger partial charge in [-0.1, -0.05) is 51.1 Å². The van der Waals surface area contributed by atoms with Gasteiger partial charge in [0.15, 0.2) is 5.11 Å². The Kier molecular flexibility index (Phi) is 6.96. The van der Waals surface area contributed by atoms with Crippen LogP contribution in [-0.4, -0.2) is 17.7 Å². The Morgan fingerprint density at radius 1 is 1.28 bits per heavy atom. The van der Waals surface area contributed by atoms with E-state index < -0.39 is 0 Å². The highest BCUT2D eigenvalue weighted by Crippen LogP contribution is 2.44. The number of fused-ring (bicyclic) bond motifs is 1. The number of anilines is 1. The first-order chi connectivity index (χ1) is 13.8. The summed E-state index contributed by atoms with van der Waals surface area (Å²) in [5.74, 6) is 0.354. The fourth-order valence-electron chi connectivity index (χ4n) is 3.76. The second kappa shape index (κ2) is 9.26. The van der Waals surface area contributed by atoms with Crippen molar-refractivity contribution in [1.82, 2.24) is 5.32 Å². The molecule has 2 aromatic rings. The average Bonchev–Trinajstić information content (AvgIpc) is 3.03. The van der Waals surface area contributed by atoms with Gasteiger partial charge in [0.1, 0.15) is 5.00 Å². The first-order valence-electron chi connectivity index (χ1n) is 10.2. The lowest BCUT2D eigenvalue weighted by Gasteiger charge is -2.33. The van der Waals surface area contributed by atoms with E-state index in [0.29, 0.717) is 29.7 Å². The van der Waals surface area contributed by atoms with E-state index in [0.717, 1.165) is 35.4 Å². The van der Waals surface area contributed by atoms with Crippen molar-refractivity contribution >= 4 is 39.6 Å². The van der Waals surface area contributed by atoms with Gasteiger partial charge in [-0.05, 0) is 60.9 Å². The summed E-state index contributed by atoms with van der Waals surface area (Å²) in [5, 5.41) is 7.82. The van der Waals surface area contributed by atoms with E-state index >= 15 is 0 Å². The van der Waals surface area contributed by atoms with Crippen molar-refractivity contribution < 1.29 is 9.53 Å². The van der Waals surface area contributed by atoms with Crippen molar-refractivity contribution in [1.29, 1.82) is 0 Å².